The van der Waals surface area contributed by atoms with E-state index in [2.05, 4.69) is 11.2 Å². The van der Waals surface area contributed by atoms with Crippen LogP contribution in [0.5, 0.6) is 0 Å². The quantitative estimate of drug-likeness (QED) is 0.492. The Labute approximate surface area is 86.4 Å². The van der Waals surface area contributed by atoms with Crippen LogP contribution in [0.4, 0.5) is 0 Å². The third-order valence-electron chi connectivity index (χ3n) is 2.07. The number of amides is 1. The number of hydrogen-bond donors (Lipinski definition) is 2. The lowest BCUT2D eigenvalue weighted by molar-refractivity contribution is -0.126. The third kappa shape index (κ3) is 4.88. The van der Waals surface area contributed by atoms with Gasteiger partial charge in [0, 0.05) is 13.0 Å². The van der Waals surface area contributed by atoms with Gasteiger partial charge < -0.3 is 11.1 Å². The van der Waals surface area contributed by atoms with Crippen LogP contribution in [0, 0.1) is 12.3 Å². The summed E-state index contributed by atoms with van der Waals surface area (Å²) in [6, 6.07) is 0. The van der Waals surface area contributed by atoms with Crippen molar-refractivity contribution in [1.82, 2.24) is 5.32 Å². The summed E-state index contributed by atoms with van der Waals surface area (Å²) in [6.07, 6.45) is 8.20. The lowest BCUT2D eigenvalue weighted by Crippen LogP contribution is -2.51. The molecule has 14 heavy (non-hydrogen) atoms. The zero-order valence-electron chi connectivity index (χ0n) is 9.10. The Morgan fingerprint density at radius 3 is 2.79 bits per heavy atom. The van der Waals surface area contributed by atoms with Crippen LogP contribution in [0.25, 0.3) is 0 Å². The molecule has 0 aromatic rings. The van der Waals surface area contributed by atoms with E-state index >= 15 is 0 Å². The normalized spacial score (nSPS) is 14.1. The number of nitrogens with two attached hydrogens (primary N) is 1. The molecule has 0 aromatic heterocycles. The van der Waals surface area contributed by atoms with Crippen molar-refractivity contribution >= 4 is 5.91 Å². The van der Waals surface area contributed by atoms with Crippen LogP contribution in [0.3, 0.4) is 0 Å². The minimum atomic E-state index is -0.745. The van der Waals surface area contributed by atoms with E-state index in [1.54, 1.807) is 6.92 Å². The molecule has 0 radical (unpaired) electrons. The summed E-state index contributed by atoms with van der Waals surface area (Å²) in [5, 5.41) is 2.78. The zero-order valence-corrected chi connectivity index (χ0v) is 9.10. The fraction of sp³-hybridized carbons (Fsp3) is 0.727. The maximum atomic E-state index is 11.5. The SMILES string of the molecule is C#CCCCNC(=O)C(C)(N)CCC. The minimum absolute atomic E-state index is 0.0867. The highest BCUT2D eigenvalue weighted by atomic mass is 16.2. The number of carbonyl (C=O) groups excluding carboxylic acids is 1. The van der Waals surface area contributed by atoms with Crippen molar-refractivity contribution in [2.45, 2.75) is 45.1 Å². The third-order valence-corrected chi connectivity index (χ3v) is 2.07. The molecule has 80 valence electrons. The Bertz CT molecular complexity index is 216. The largest absolute Gasteiger partial charge is 0.354 e. The van der Waals surface area contributed by atoms with Gasteiger partial charge >= 0.3 is 0 Å². The topological polar surface area (TPSA) is 55.1 Å². The average Bonchev–Trinajstić information content (AvgIpc) is 2.12. The molecule has 0 aliphatic heterocycles. The van der Waals surface area contributed by atoms with E-state index in [1.165, 1.54) is 0 Å². The molecule has 0 fully saturated rings. The second-order valence-corrected chi connectivity index (χ2v) is 3.73. The second kappa shape index (κ2) is 6.44. The van der Waals surface area contributed by atoms with Crippen molar-refractivity contribution in [3.63, 3.8) is 0 Å². The molecule has 1 unspecified atom stereocenters. The molecule has 3 nitrogen and oxygen atoms in total. The van der Waals surface area contributed by atoms with Crippen LogP contribution < -0.4 is 11.1 Å². The second-order valence-electron chi connectivity index (χ2n) is 3.73. The van der Waals surface area contributed by atoms with Crippen LogP contribution in [0.15, 0.2) is 0 Å². The van der Waals surface area contributed by atoms with Gasteiger partial charge in [0.1, 0.15) is 0 Å². The van der Waals surface area contributed by atoms with Gasteiger partial charge in [0.05, 0.1) is 5.54 Å². The number of rotatable bonds is 6. The predicted octanol–water partition coefficient (Wildman–Crippen LogP) is 1.03. The first-order valence-electron chi connectivity index (χ1n) is 5.05. The number of terminal acetylenes is 1. The lowest BCUT2D eigenvalue weighted by atomic mass is 9.96. The van der Waals surface area contributed by atoms with E-state index in [1.807, 2.05) is 6.92 Å². The summed E-state index contributed by atoms with van der Waals surface area (Å²) in [5.41, 5.74) is 5.09. The van der Waals surface area contributed by atoms with E-state index in [4.69, 9.17) is 12.2 Å². The summed E-state index contributed by atoms with van der Waals surface area (Å²) in [5.74, 6) is 2.44. The highest BCUT2D eigenvalue weighted by Gasteiger charge is 2.26. The summed E-state index contributed by atoms with van der Waals surface area (Å²) >= 11 is 0. The summed E-state index contributed by atoms with van der Waals surface area (Å²) in [6.45, 7) is 4.38. The number of unbranched alkanes of at least 4 members (excludes halogenated alkanes) is 1. The molecule has 0 aromatic carbocycles. The molecule has 3 heteroatoms. The fourth-order valence-electron chi connectivity index (χ4n) is 1.23. The molecule has 3 N–H and O–H groups in total. The number of nitrogens with one attached hydrogen (secondary N) is 1. The molecule has 0 rings (SSSR count). The van der Waals surface area contributed by atoms with Crippen molar-refractivity contribution in [1.29, 1.82) is 0 Å². The average molecular weight is 196 g/mol. The standard InChI is InChI=1S/C11H20N2O/c1-4-6-7-9-13-10(14)11(3,12)8-5-2/h1H,5-9,12H2,2-3H3,(H,13,14). The van der Waals surface area contributed by atoms with Crippen molar-refractivity contribution in [3.8, 4) is 12.3 Å². The Kier molecular flexibility index (Phi) is 5.98. The summed E-state index contributed by atoms with van der Waals surface area (Å²) < 4.78 is 0. The van der Waals surface area contributed by atoms with E-state index < -0.39 is 5.54 Å². The Balaban J connectivity index is 3.78. The van der Waals surface area contributed by atoms with Crippen LogP contribution >= 0.6 is 0 Å². The first kappa shape index (κ1) is 13.0. The van der Waals surface area contributed by atoms with Gasteiger partial charge in [0.15, 0.2) is 0 Å². The molecule has 0 saturated carbocycles. The highest BCUT2D eigenvalue weighted by molar-refractivity contribution is 5.85. The van der Waals surface area contributed by atoms with E-state index in [0.29, 0.717) is 19.4 Å². The van der Waals surface area contributed by atoms with Gasteiger partial charge in [-0.3, -0.25) is 4.79 Å². The molecule has 0 bridgehead atoms. The van der Waals surface area contributed by atoms with Gasteiger partial charge in [0.2, 0.25) is 5.91 Å². The fourth-order valence-corrected chi connectivity index (χ4v) is 1.23. The maximum Gasteiger partial charge on any atom is 0.239 e. The van der Waals surface area contributed by atoms with Gasteiger partial charge in [-0.05, 0) is 19.8 Å². The number of hydrogen-bond acceptors (Lipinski definition) is 2. The molecule has 0 spiro atoms. The van der Waals surface area contributed by atoms with Gasteiger partial charge in [-0.2, -0.15) is 0 Å². The zero-order chi connectivity index (χ0) is 11.0. The Morgan fingerprint density at radius 1 is 1.64 bits per heavy atom. The monoisotopic (exact) mass is 196 g/mol. The Hall–Kier alpha value is -1.01. The predicted molar refractivity (Wildman–Crippen MR) is 58.6 cm³/mol. The Morgan fingerprint density at radius 2 is 2.29 bits per heavy atom. The molecular formula is C11H20N2O. The lowest BCUT2D eigenvalue weighted by Gasteiger charge is -2.22. The molecule has 1 atom stereocenters. The van der Waals surface area contributed by atoms with Gasteiger partial charge in [-0.25, -0.2) is 0 Å². The number of carbonyl (C=O) groups is 1. The first-order chi connectivity index (χ1) is 6.54. The first-order valence-corrected chi connectivity index (χ1v) is 5.05. The van der Waals surface area contributed by atoms with Crippen LogP contribution in [0.1, 0.15) is 39.5 Å². The van der Waals surface area contributed by atoms with Crippen LogP contribution in [-0.4, -0.2) is 18.0 Å². The molecule has 0 aliphatic carbocycles. The summed E-state index contributed by atoms with van der Waals surface area (Å²) in [7, 11) is 0. The molecule has 0 saturated heterocycles. The van der Waals surface area contributed by atoms with E-state index in [9.17, 15) is 4.79 Å². The van der Waals surface area contributed by atoms with Gasteiger partial charge in [-0.1, -0.05) is 13.3 Å². The van der Waals surface area contributed by atoms with Crippen molar-refractivity contribution in [3.05, 3.63) is 0 Å². The van der Waals surface area contributed by atoms with Crippen molar-refractivity contribution in [2.75, 3.05) is 6.54 Å². The minimum Gasteiger partial charge on any atom is -0.354 e. The van der Waals surface area contributed by atoms with E-state index in [0.717, 1.165) is 12.8 Å². The van der Waals surface area contributed by atoms with Crippen LogP contribution in [-0.2, 0) is 4.79 Å². The van der Waals surface area contributed by atoms with Crippen molar-refractivity contribution < 1.29 is 4.79 Å². The molecule has 1 amide bonds. The molecule has 0 aliphatic rings. The molecular weight excluding hydrogens is 176 g/mol. The highest BCUT2D eigenvalue weighted by Crippen LogP contribution is 2.08. The van der Waals surface area contributed by atoms with Crippen LogP contribution in [0.2, 0.25) is 0 Å². The maximum absolute atomic E-state index is 11.5. The summed E-state index contributed by atoms with van der Waals surface area (Å²) in [4.78, 5) is 11.5. The van der Waals surface area contributed by atoms with Crippen molar-refractivity contribution in [2.24, 2.45) is 5.73 Å². The van der Waals surface area contributed by atoms with E-state index in [-0.39, 0.29) is 5.91 Å². The smallest absolute Gasteiger partial charge is 0.239 e. The van der Waals surface area contributed by atoms with Gasteiger partial charge in [0.25, 0.3) is 0 Å². The van der Waals surface area contributed by atoms with Gasteiger partial charge in [-0.15, -0.1) is 12.3 Å². The molecule has 0 heterocycles.